The number of carbonyl (C=O) groups excluding carboxylic acids is 1. The van der Waals surface area contributed by atoms with Crippen molar-refractivity contribution in [3.05, 3.63) is 17.2 Å². The largest absolute Gasteiger partial charge is 0.496 e. The van der Waals surface area contributed by atoms with Crippen molar-refractivity contribution >= 4 is 21.4 Å². The molecule has 2 rings (SSSR count). The van der Waals surface area contributed by atoms with Gasteiger partial charge in [0.2, 0.25) is 0 Å². The van der Waals surface area contributed by atoms with Gasteiger partial charge in [0.05, 0.1) is 29.0 Å². The number of nitrogens with zero attached hydrogens (tertiary/aromatic N) is 1. The second-order valence-electron chi connectivity index (χ2n) is 6.74. The minimum Gasteiger partial charge on any atom is -0.496 e. The Kier molecular flexibility index (Phi) is 7.11. The lowest BCUT2D eigenvalue weighted by Gasteiger charge is -2.23. The average Bonchev–Trinajstić information content (AvgIpc) is 3.12. The number of likely N-dealkylation sites (tertiary alicyclic amines) is 1. The third-order valence-corrected chi connectivity index (χ3v) is 7.07. The van der Waals surface area contributed by atoms with E-state index in [0.29, 0.717) is 30.3 Å². The number of hydrogen-bond donors (Lipinski definition) is 2. The van der Waals surface area contributed by atoms with E-state index in [-0.39, 0.29) is 27.8 Å². The van der Waals surface area contributed by atoms with Crippen LogP contribution in [0.4, 0.5) is 5.69 Å². The van der Waals surface area contributed by atoms with Crippen molar-refractivity contribution in [3.63, 3.8) is 0 Å². The normalized spacial score (nSPS) is 17.9. The van der Waals surface area contributed by atoms with Crippen molar-refractivity contribution < 1.29 is 17.9 Å². The first-order valence-corrected chi connectivity index (χ1v) is 11.2. The molecule has 0 spiro atoms. The van der Waals surface area contributed by atoms with Gasteiger partial charge in [-0.05, 0) is 38.4 Å². The van der Waals surface area contributed by atoms with Gasteiger partial charge in [-0.25, -0.2) is 8.42 Å². The van der Waals surface area contributed by atoms with Gasteiger partial charge in [-0.1, -0.05) is 20.8 Å². The summed E-state index contributed by atoms with van der Waals surface area (Å²) in [5, 5.41) is 2.95. The monoisotopic (exact) mass is 397 g/mol. The molecular weight excluding hydrogens is 366 g/mol. The molecule has 1 atom stereocenters. The topological polar surface area (TPSA) is 102 Å². The highest BCUT2D eigenvalue weighted by molar-refractivity contribution is 7.91. The van der Waals surface area contributed by atoms with Crippen LogP contribution in [-0.2, 0) is 16.3 Å². The lowest BCUT2D eigenvalue weighted by Crippen LogP contribution is -2.40. The fraction of sp³-hybridized carbons (Fsp3) is 0.632. The molecule has 1 aliphatic heterocycles. The zero-order valence-electron chi connectivity index (χ0n) is 16.7. The molecule has 1 aromatic rings. The van der Waals surface area contributed by atoms with Crippen LogP contribution < -0.4 is 15.8 Å². The van der Waals surface area contributed by atoms with Crippen molar-refractivity contribution in [2.45, 2.75) is 51.0 Å². The second kappa shape index (κ2) is 8.93. The highest BCUT2D eigenvalue weighted by Gasteiger charge is 2.27. The summed E-state index contributed by atoms with van der Waals surface area (Å²) in [5.41, 5.74) is 7.05. The highest BCUT2D eigenvalue weighted by atomic mass is 32.2. The van der Waals surface area contributed by atoms with Crippen LogP contribution in [0.15, 0.2) is 11.0 Å². The molecule has 1 fully saturated rings. The first-order chi connectivity index (χ1) is 12.8. The molecule has 0 aromatic heterocycles. The second-order valence-corrected chi connectivity index (χ2v) is 8.99. The molecule has 8 heteroatoms. The Morgan fingerprint density at radius 1 is 1.37 bits per heavy atom. The lowest BCUT2D eigenvalue weighted by molar-refractivity contribution is 0.0938. The Morgan fingerprint density at radius 2 is 2.07 bits per heavy atom. The van der Waals surface area contributed by atoms with Crippen molar-refractivity contribution in [3.8, 4) is 5.75 Å². The van der Waals surface area contributed by atoms with Crippen LogP contribution in [0.25, 0.3) is 0 Å². The summed E-state index contributed by atoms with van der Waals surface area (Å²) < 4.78 is 30.3. The quantitative estimate of drug-likeness (QED) is 0.649. The number of rotatable bonds is 8. The minimum absolute atomic E-state index is 0.00357. The number of benzene rings is 1. The summed E-state index contributed by atoms with van der Waals surface area (Å²) in [6.07, 6.45) is 2.63. The molecule has 1 amide bonds. The number of nitrogen functional groups attached to an aromatic ring is 1. The Hall–Kier alpha value is -1.80. The number of hydrogen-bond acceptors (Lipinski definition) is 6. The fourth-order valence-corrected chi connectivity index (χ4v) is 4.79. The zero-order valence-corrected chi connectivity index (χ0v) is 17.5. The van der Waals surface area contributed by atoms with Crippen LogP contribution in [0.1, 0.15) is 49.5 Å². The number of amides is 1. The Bertz CT molecular complexity index is 793. The van der Waals surface area contributed by atoms with Gasteiger partial charge in [-0.15, -0.1) is 0 Å². The molecule has 0 aliphatic carbocycles. The number of ether oxygens (including phenoxy) is 1. The third kappa shape index (κ3) is 4.38. The van der Waals surface area contributed by atoms with E-state index >= 15 is 0 Å². The number of nitrogens with two attached hydrogens (primary N) is 1. The molecule has 0 bridgehead atoms. The van der Waals surface area contributed by atoms with Crippen LogP contribution >= 0.6 is 0 Å². The number of sulfone groups is 1. The number of nitrogens with one attached hydrogen (secondary N) is 1. The van der Waals surface area contributed by atoms with E-state index < -0.39 is 9.84 Å². The first kappa shape index (κ1) is 21.5. The predicted molar refractivity (Wildman–Crippen MR) is 107 cm³/mol. The molecule has 27 heavy (non-hydrogen) atoms. The molecule has 1 saturated heterocycles. The Balaban J connectivity index is 2.39. The van der Waals surface area contributed by atoms with E-state index in [1.807, 2.05) is 6.92 Å². The summed E-state index contributed by atoms with van der Waals surface area (Å²) in [5.74, 6) is -0.0697. The number of likely N-dealkylation sites (N-methyl/N-ethyl adjacent to an activating group) is 1. The van der Waals surface area contributed by atoms with Crippen molar-refractivity contribution in [1.82, 2.24) is 10.2 Å². The Labute approximate surface area is 162 Å². The number of carbonyl (C=O) groups is 1. The molecule has 3 N–H and O–H groups in total. The SMILES string of the molecule is CCc1c(N)c(S(=O)(=O)CC)cc(C(=O)NCC2CCCN2CC)c1OC. The van der Waals surface area contributed by atoms with E-state index in [1.54, 1.807) is 6.92 Å². The smallest absolute Gasteiger partial charge is 0.255 e. The van der Waals surface area contributed by atoms with Crippen LogP contribution in [0, 0.1) is 0 Å². The average molecular weight is 398 g/mol. The van der Waals surface area contributed by atoms with Crippen LogP contribution in [0.2, 0.25) is 0 Å². The van der Waals surface area contributed by atoms with Gasteiger partial charge in [0, 0.05) is 18.2 Å². The van der Waals surface area contributed by atoms with Gasteiger partial charge >= 0.3 is 0 Å². The maximum Gasteiger partial charge on any atom is 0.255 e. The maximum absolute atomic E-state index is 12.9. The Morgan fingerprint density at radius 3 is 2.63 bits per heavy atom. The standard InChI is InChI=1S/C19H31N3O4S/c1-5-14-17(20)16(27(24,25)7-3)11-15(18(14)26-4)19(23)21-12-13-9-8-10-22(13)6-2/h11,13H,5-10,12,20H2,1-4H3,(H,21,23). The molecular formula is C19H31N3O4S. The van der Waals surface area contributed by atoms with Crippen molar-refractivity contribution in [1.29, 1.82) is 0 Å². The maximum atomic E-state index is 12.9. The van der Waals surface area contributed by atoms with Gasteiger partial charge in [0.15, 0.2) is 9.84 Å². The van der Waals surface area contributed by atoms with Crippen LogP contribution in [0.3, 0.4) is 0 Å². The third-order valence-electron chi connectivity index (χ3n) is 5.31. The molecule has 1 heterocycles. The van der Waals surface area contributed by atoms with Crippen molar-refractivity contribution in [2.24, 2.45) is 0 Å². The van der Waals surface area contributed by atoms with E-state index in [2.05, 4.69) is 17.1 Å². The molecule has 7 nitrogen and oxygen atoms in total. The fourth-order valence-electron chi connectivity index (χ4n) is 3.72. The van der Waals surface area contributed by atoms with E-state index in [9.17, 15) is 13.2 Å². The number of anilines is 1. The van der Waals surface area contributed by atoms with Gasteiger partial charge in [0.25, 0.3) is 5.91 Å². The summed E-state index contributed by atoms with van der Waals surface area (Å²) in [6.45, 7) is 8.04. The molecule has 0 radical (unpaired) electrons. The summed E-state index contributed by atoms with van der Waals surface area (Å²) in [6, 6.07) is 1.66. The number of methoxy groups -OCH3 is 1. The molecule has 152 valence electrons. The lowest BCUT2D eigenvalue weighted by atomic mass is 10.0. The zero-order chi connectivity index (χ0) is 20.2. The summed E-state index contributed by atoms with van der Waals surface area (Å²) in [7, 11) is -2.09. The van der Waals surface area contributed by atoms with E-state index in [0.717, 1.165) is 25.9 Å². The molecule has 1 aromatic carbocycles. The summed E-state index contributed by atoms with van der Waals surface area (Å²) in [4.78, 5) is 15.2. The van der Waals surface area contributed by atoms with Crippen LogP contribution in [-0.4, -0.2) is 57.8 Å². The van der Waals surface area contributed by atoms with Gasteiger partial charge in [0.1, 0.15) is 5.75 Å². The molecule has 1 unspecified atom stereocenters. The van der Waals surface area contributed by atoms with Gasteiger partial charge in [-0.2, -0.15) is 0 Å². The molecule has 0 saturated carbocycles. The van der Waals surface area contributed by atoms with Gasteiger partial charge in [-0.3, -0.25) is 9.69 Å². The van der Waals surface area contributed by atoms with Crippen molar-refractivity contribution in [2.75, 3.05) is 38.2 Å². The first-order valence-electron chi connectivity index (χ1n) is 9.54. The predicted octanol–water partition coefficient (Wildman–Crippen LogP) is 1.85. The van der Waals surface area contributed by atoms with Gasteiger partial charge < -0.3 is 15.8 Å². The van der Waals surface area contributed by atoms with E-state index in [4.69, 9.17) is 10.5 Å². The van der Waals surface area contributed by atoms with E-state index in [1.165, 1.54) is 13.2 Å². The van der Waals surface area contributed by atoms with Crippen LogP contribution in [0.5, 0.6) is 5.75 Å². The molecule has 1 aliphatic rings. The minimum atomic E-state index is -3.55. The highest BCUT2D eigenvalue weighted by Crippen LogP contribution is 2.35. The summed E-state index contributed by atoms with van der Waals surface area (Å²) >= 11 is 0.